The van der Waals surface area contributed by atoms with Crippen molar-refractivity contribution in [1.82, 2.24) is 0 Å². The van der Waals surface area contributed by atoms with Crippen LogP contribution < -0.4 is 4.74 Å². The van der Waals surface area contributed by atoms with Crippen LogP contribution in [0.15, 0.2) is 12.1 Å². The minimum Gasteiger partial charge on any atom is -0.487 e. The molecule has 1 aromatic carbocycles. The van der Waals surface area contributed by atoms with E-state index in [4.69, 9.17) is 21.4 Å². The van der Waals surface area contributed by atoms with Crippen molar-refractivity contribution < 1.29 is 19.6 Å². The van der Waals surface area contributed by atoms with Crippen molar-refractivity contribution in [2.75, 3.05) is 6.61 Å². The Hall–Kier alpha value is -1.82. The Balaban J connectivity index is 3.36. The van der Waals surface area contributed by atoms with Gasteiger partial charge in [0, 0.05) is 12.1 Å². The van der Waals surface area contributed by atoms with Crippen LogP contribution in [-0.2, 0) is 0 Å². The summed E-state index contributed by atoms with van der Waals surface area (Å²) in [7, 11) is 0. The molecule has 1 N–H and O–H groups in total. The highest BCUT2D eigenvalue weighted by atomic mass is 35.5. The molecule has 16 heavy (non-hydrogen) atoms. The summed E-state index contributed by atoms with van der Waals surface area (Å²) in [6, 6.07) is 2.02. The highest BCUT2D eigenvalue weighted by molar-refractivity contribution is 6.33. The molecule has 0 heterocycles. The number of benzene rings is 1. The molecule has 0 bridgehead atoms. The number of carbonyl (C=O) groups is 1. The molecule has 86 valence electrons. The number of nitro benzene ring substituents is 1. The third kappa shape index (κ3) is 2.40. The van der Waals surface area contributed by atoms with Gasteiger partial charge in [0.05, 0.1) is 22.1 Å². The molecular formula is C9H8ClNO5. The maximum atomic E-state index is 10.7. The number of nitrogens with zero attached hydrogens (tertiary/aromatic N) is 1. The normalized spacial score (nSPS) is 9.88. The van der Waals surface area contributed by atoms with Crippen LogP contribution in [0.2, 0.25) is 5.02 Å². The molecule has 0 spiro atoms. The largest absolute Gasteiger partial charge is 0.487 e. The second kappa shape index (κ2) is 4.80. The fourth-order valence-electron chi connectivity index (χ4n) is 1.12. The van der Waals surface area contributed by atoms with E-state index in [9.17, 15) is 14.9 Å². The van der Waals surface area contributed by atoms with E-state index in [0.717, 1.165) is 12.1 Å². The highest BCUT2D eigenvalue weighted by Gasteiger charge is 2.21. The van der Waals surface area contributed by atoms with Crippen LogP contribution in [0, 0.1) is 10.1 Å². The van der Waals surface area contributed by atoms with Crippen LogP contribution in [0.1, 0.15) is 17.3 Å². The summed E-state index contributed by atoms with van der Waals surface area (Å²) in [6.07, 6.45) is 0. The quantitative estimate of drug-likeness (QED) is 0.649. The van der Waals surface area contributed by atoms with E-state index in [1.165, 1.54) is 0 Å². The minimum atomic E-state index is -1.32. The van der Waals surface area contributed by atoms with E-state index in [2.05, 4.69) is 0 Å². The molecule has 0 aromatic heterocycles. The highest BCUT2D eigenvalue weighted by Crippen LogP contribution is 2.33. The van der Waals surface area contributed by atoms with E-state index in [1.807, 2.05) is 0 Å². The summed E-state index contributed by atoms with van der Waals surface area (Å²) in [5.41, 5.74) is -0.736. The van der Waals surface area contributed by atoms with Crippen molar-refractivity contribution in [2.45, 2.75) is 6.92 Å². The number of hydrogen-bond acceptors (Lipinski definition) is 4. The first-order valence-electron chi connectivity index (χ1n) is 4.31. The van der Waals surface area contributed by atoms with Crippen LogP contribution in [0.25, 0.3) is 0 Å². The topological polar surface area (TPSA) is 89.7 Å². The van der Waals surface area contributed by atoms with Gasteiger partial charge in [0.1, 0.15) is 0 Å². The Morgan fingerprint density at radius 2 is 2.25 bits per heavy atom. The summed E-state index contributed by atoms with van der Waals surface area (Å²) in [4.78, 5) is 20.7. The fraction of sp³-hybridized carbons (Fsp3) is 0.222. The van der Waals surface area contributed by atoms with Crippen molar-refractivity contribution in [3.05, 3.63) is 32.8 Å². The van der Waals surface area contributed by atoms with E-state index in [1.54, 1.807) is 6.92 Å². The maximum Gasteiger partial charge on any atom is 0.337 e. The lowest BCUT2D eigenvalue weighted by atomic mass is 10.2. The van der Waals surface area contributed by atoms with Gasteiger partial charge in [-0.15, -0.1) is 0 Å². The van der Waals surface area contributed by atoms with Crippen molar-refractivity contribution in [1.29, 1.82) is 0 Å². The van der Waals surface area contributed by atoms with Crippen molar-refractivity contribution >= 4 is 23.3 Å². The second-order valence-electron chi connectivity index (χ2n) is 2.80. The van der Waals surface area contributed by atoms with Crippen LogP contribution in [0.4, 0.5) is 5.69 Å². The van der Waals surface area contributed by atoms with E-state index in [0.29, 0.717) is 0 Å². The molecule has 0 aliphatic rings. The number of hydrogen-bond donors (Lipinski definition) is 1. The number of nitro groups is 1. The molecule has 7 heteroatoms. The average Bonchev–Trinajstić information content (AvgIpc) is 2.17. The summed E-state index contributed by atoms with van der Waals surface area (Å²) >= 11 is 5.65. The standard InChI is InChI=1S/C9H8ClNO5/c1-2-16-8-4-6(10)5(9(12)13)3-7(8)11(14)15/h3-4H,2H2,1H3,(H,12,13). The zero-order valence-electron chi connectivity index (χ0n) is 8.27. The van der Waals surface area contributed by atoms with E-state index >= 15 is 0 Å². The van der Waals surface area contributed by atoms with Crippen molar-refractivity contribution in [2.24, 2.45) is 0 Å². The molecule has 1 rings (SSSR count). The molecule has 0 unspecified atom stereocenters. The lowest BCUT2D eigenvalue weighted by Crippen LogP contribution is -2.03. The third-order valence-electron chi connectivity index (χ3n) is 1.78. The van der Waals surface area contributed by atoms with Gasteiger partial charge in [0.25, 0.3) is 0 Å². The number of aromatic carboxylic acids is 1. The third-order valence-corrected chi connectivity index (χ3v) is 2.09. The summed E-state index contributed by atoms with van der Waals surface area (Å²) in [5.74, 6) is -1.36. The Bertz CT molecular complexity index is 446. The molecule has 0 atom stereocenters. The van der Waals surface area contributed by atoms with Gasteiger partial charge in [-0.2, -0.15) is 0 Å². The first-order chi connectivity index (χ1) is 7.47. The summed E-state index contributed by atoms with van der Waals surface area (Å²) < 4.78 is 4.99. The van der Waals surface area contributed by atoms with Crippen LogP contribution >= 0.6 is 11.6 Å². The van der Waals surface area contributed by atoms with Gasteiger partial charge >= 0.3 is 11.7 Å². The molecule has 0 saturated heterocycles. The second-order valence-corrected chi connectivity index (χ2v) is 3.20. The van der Waals surface area contributed by atoms with Gasteiger partial charge in [0.2, 0.25) is 0 Å². The summed E-state index contributed by atoms with van der Waals surface area (Å²) in [6.45, 7) is 1.88. The first kappa shape index (κ1) is 12.3. The SMILES string of the molecule is CCOc1cc(Cl)c(C(=O)O)cc1[N+](=O)[O-]. The predicted octanol–water partition coefficient (Wildman–Crippen LogP) is 2.35. The zero-order valence-corrected chi connectivity index (χ0v) is 9.02. The minimum absolute atomic E-state index is 0.0394. The number of carboxylic acids is 1. The first-order valence-corrected chi connectivity index (χ1v) is 4.69. The van der Waals surface area contributed by atoms with Gasteiger partial charge < -0.3 is 9.84 Å². The monoisotopic (exact) mass is 245 g/mol. The number of halogens is 1. The Kier molecular flexibility index (Phi) is 3.68. The van der Waals surface area contributed by atoms with Gasteiger partial charge in [-0.1, -0.05) is 11.6 Å². The van der Waals surface area contributed by atoms with Gasteiger partial charge in [-0.25, -0.2) is 4.79 Å². The Labute approximate surface area is 95.6 Å². The lowest BCUT2D eigenvalue weighted by Gasteiger charge is -2.06. The number of rotatable bonds is 4. The number of ether oxygens (including phenoxy) is 1. The van der Waals surface area contributed by atoms with Crippen molar-refractivity contribution in [3.63, 3.8) is 0 Å². The van der Waals surface area contributed by atoms with Gasteiger partial charge in [0.15, 0.2) is 5.75 Å². The Morgan fingerprint density at radius 3 is 2.69 bits per heavy atom. The van der Waals surface area contributed by atoms with Crippen LogP contribution in [0.5, 0.6) is 5.75 Å². The maximum absolute atomic E-state index is 10.7. The molecule has 0 aliphatic carbocycles. The molecule has 0 fully saturated rings. The number of carboxylic acid groups (broad SMARTS) is 1. The smallest absolute Gasteiger partial charge is 0.337 e. The molecule has 0 amide bonds. The van der Waals surface area contributed by atoms with Gasteiger partial charge in [-0.05, 0) is 6.92 Å². The molecular weight excluding hydrogens is 238 g/mol. The average molecular weight is 246 g/mol. The van der Waals surface area contributed by atoms with Crippen LogP contribution in [-0.4, -0.2) is 22.6 Å². The summed E-state index contributed by atoms with van der Waals surface area (Å²) in [5, 5.41) is 19.3. The molecule has 0 radical (unpaired) electrons. The fourth-order valence-corrected chi connectivity index (χ4v) is 1.36. The molecule has 1 aromatic rings. The van der Waals surface area contributed by atoms with E-state index < -0.39 is 16.6 Å². The lowest BCUT2D eigenvalue weighted by molar-refractivity contribution is -0.385. The van der Waals surface area contributed by atoms with Crippen molar-refractivity contribution in [3.8, 4) is 5.75 Å². The zero-order chi connectivity index (χ0) is 12.3. The van der Waals surface area contributed by atoms with E-state index in [-0.39, 0.29) is 22.9 Å². The van der Waals surface area contributed by atoms with Crippen LogP contribution in [0.3, 0.4) is 0 Å². The molecule has 0 aliphatic heterocycles. The molecule has 0 saturated carbocycles. The van der Waals surface area contributed by atoms with Gasteiger partial charge in [-0.3, -0.25) is 10.1 Å². The predicted molar refractivity (Wildman–Crippen MR) is 56.2 cm³/mol. The Morgan fingerprint density at radius 1 is 1.62 bits per heavy atom. The molecule has 6 nitrogen and oxygen atoms in total.